The van der Waals surface area contributed by atoms with Crippen molar-refractivity contribution in [1.82, 2.24) is 20.3 Å². The van der Waals surface area contributed by atoms with E-state index in [2.05, 4.69) is 20.6 Å². The number of aromatic nitrogens is 3. The molecule has 2 fully saturated rings. The molecule has 2 saturated heterocycles. The minimum Gasteiger partial charge on any atom is -0.368 e. The first-order valence-electron chi connectivity index (χ1n) is 13.1. The molecule has 0 saturated carbocycles. The largest absolute Gasteiger partial charge is 0.368 e. The molecule has 39 heavy (non-hydrogen) atoms. The molecule has 0 spiro atoms. The van der Waals surface area contributed by atoms with Crippen LogP contribution in [0.1, 0.15) is 43.4 Å². The van der Waals surface area contributed by atoms with E-state index in [9.17, 15) is 9.59 Å². The number of nitrogens with zero attached hydrogens (tertiary/aromatic N) is 4. The van der Waals surface area contributed by atoms with Crippen LogP contribution in [0.25, 0.3) is 11.3 Å². The summed E-state index contributed by atoms with van der Waals surface area (Å²) in [6.07, 6.45) is 9.32. The zero-order valence-corrected chi connectivity index (χ0v) is 21.6. The maximum Gasteiger partial charge on any atom is 0.243 e. The molecular weight excluding hydrogens is 496 g/mol. The molecule has 11 nitrogen and oxygen atoms in total. The van der Waals surface area contributed by atoms with Crippen molar-refractivity contribution in [2.24, 2.45) is 5.73 Å². The Morgan fingerprint density at radius 3 is 2.72 bits per heavy atom. The smallest absolute Gasteiger partial charge is 0.243 e. The number of nitrogens with one attached hydrogen (secondary N) is 3. The van der Waals surface area contributed by atoms with Gasteiger partial charge in [0.2, 0.25) is 12.3 Å². The number of amides is 2. The van der Waals surface area contributed by atoms with Crippen LogP contribution in [0.5, 0.6) is 0 Å². The summed E-state index contributed by atoms with van der Waals surface area (Å²) in [6, 6.07) is 11.2. The lowest BCUT2D eigenvalue weighted by molar-refractivity contribution is -0.128. The van der Waals surface area contributed by atoms with Gasteiger partial charge in [-0.15, -0.1) is 0 Å². The quantitative estimate of drug-likeness (QED) is 0.243. The van der Waals surface area contributed by atoms with Gasteiger partial charge in [-0.2, -0.15) is 0 Å². The van der Waals surface area contributed by atoms with Crippen molar-refractivity contribution in [1.29, 1.82) is 5.41 Å². The fourth-order valence-corrected chi connectivity index (χ4v) is 5.05. The Morgan fingerprint density at radius 2 is 2.03 bits per heavy atom. The van der Waals surface area contributed by atoms with E-state index >= 15 is 0 Å². The van der Waals surface area contributed by atoms with Gasteiger partial charge < -0.3 is 26.0 Å². The number of primary amides is 1. The number of carbonyl (C=O) groups is 2. The van der Waals surface area contributed by atoms with Crippen LogP contribution in [0.15, 0.2) is 55.0 Å². The first-order valence-corrected chi connectivity index (χ1v) is 13.1. The van der Waals surface area contributed by atoms with Gasteiger partial charge in [0.15, 0.2) is 0 Å². The molecule has 2 aliphatic heterocycles. The van der Waals surface area contributed by atoms with Crippen molar-refractivity contribution in [2.75, 3.05) is 29.9 Å². The molecule has 5 heterocycles. The van der Waals surface area contributed by atoms with Crippen molar-refractivity contribution in [3.63, 3.8) is 0 Å². The number of rotatable bonds is 9. The number of hydrogen-bond acceptors (Lipinski definition) is 9. The van der Waals surface area contributed by atoms with E-state index in [-0.39, 0.29) is 11.9 Å². The zero-order chi connectivity index (χ0) is 27.2. The first-order chi connectivity index (χ1) is 19.0. The molecule has 1 atom stereocenters. The first kappa shape index (κ1) is 26.2. The van der Waals surface area contributed by atoms with Crippen LogP contribution in [0.4, 0.5) is 11.5 Å². The SMILES string of the molecule is N=C(c1cccc(N2CCC(NC=O)(C(N)=O)CC2)n1)c1cc(-c2cccnc2)ncc1NC1CCCCO1. The Labute approximate surface area is 226 Å². The minimum absolute atomic E-state index is 0.144. The fourth-order valence-electron chi connectivity index (χ4n) is 5.05. The maximum atomic E-state index is 12.0. The van der Waals surface area contributed by atoms with Crippen molar-refractivity contribution >= 4 is 29.5 Å². The van der Waals surface area contributed by atoms with Crippen LogP contribution < -0.4 is 21.3 Å². The van der Waals surface area contributed by atoms with Gasteiger partial charge in [-0.05, 0) is 62.4 Å². The predicted molar refractivity (Wildman–Crippen MR) is 147 cm³/mol. The molecule has 5 N–H and O–H groups in total. The minimum atomic E-state index is -1.05. The molecular formula is C28H32N8O3. The summed E-state index contributed by atoms with van der Waals surface area (Å²) in [5, 5.41) is 15.2. The van der Waals surface area contributed by atoms with E-state index in [1.54, 1.807) is 18.6 Å². The summed E-state index contributed by atoms with van der Waals surface area (Å²) < 4.78 is 5.89. The summed E-state index contributed by atoms with van der Waals surface area (Å²) in [5.41, 5.74) is 8.20. The van der Waals surface area contributed by atoms with E-state index < -0.39 is 11.4 Å². The van der Waals surface area contributed by atoms with Gasteiger partial charge in [-0.1, -0.05) is 6.07 Å². The Kier molecular flexibility index (Phi) is 7.78. The van der Waals surface area contributed by atoms with Crippen LogP contribution in [-0.4, -0.2) is 64.4 Å². The monoisotopic (exact) mass is 528 g/mol. The standard InChI is InChI=1S/C28H32N8O3/c29-26(21-6-3-7-24(34-21)36-12-9-28(10-13-36,27(30)38)33-18-37)20-15-22(19-5-4-11-31-16-19)32-17-23(20)35-25-8-1-2-14-39-25/h3-7,11,15-18,25,29,35H,1-2,8-10,12-14H2,(H2,30,38)(H,33,37). The van der Waals surface area contributed by atoms with Crippen LogP contribution in [0, 0.1) is 5.41 Å². The summed E-state index contributed by atoms with van der Waals surface area (Å²) in [6.45, 7) is 1.67. The van der Waals surface area contributed by atoms with Crippen molar-refractivity contribution in [3.05, 3.63) is 66.2 Å². The van der Waals surface area contributed by atoms with Gasteiger partial charge in [-0.3, -0.25) is 25.0 Å². The van der Waals surface area contributed by atoms with Gasteiger partial charge in [0.1, 0.15) is 17.6 Å². The molecule has 11 heteroatoms. The molecule has 202 valence electrons. The van der Waals surface area contributed by atoms with Crippen LogP contribution in [-0.2, 0) is 14.3 Å². The molecule has 0 aliphatic carbocycles. The molecule has 1 unspecified atom stereocenters. The second-order valence-electron chi connectivity index (χ2n) is 9.81. The average Bonchev–Trinajstić information content (AvgIpc) is 2.98. The Morgan fingerprint density at radius 1 is 1.18 bits per heavy atom. The van der Waals surface area contributed by atoms with E-state index in [4.69, 9.17) is 20.9 Å². The highest BCUT2D eigenvalue weighted by Crippen LogP contribution is 2.28. The predicted octanol–water partition coefficient (Wildman–Crippen LogP) is 2.46. The van der Waals surface area contributed by atoms with Crippen LogP contribution in [0.3, 0.4) is 0 Å². The van der Waals surface area contributed by atoms with Gasteiger partial charge >= 0.3 is 0 Å². The van der Waals surface area contributed by atoms with Crippen molar-refractivity contribution in [2.45, 2.75) is 43.9 Å². The van der Waals surface area contributed by atoms with E-state index in [1.165, 1.54) is 0 Å². The summed E-state index contributed by atoms with van der Waals surface area (Å²) in [7, 11) is 0. The Balaban J connectivity index is 1.42. The van der Waals surface area contributed by atoms with Crippen molar-refractivity contribution < 1.29 is 14.3 Å². The van der Waals surface area contributed by atoms with Crippen LogP contribution >= 0.6 is 0 Å². The van der Waals surface area contributed by atoms with E-state index in [0.717, 1.165) is 24.8 Å². The number of hydrogen-bond donors (Lipinski definition) is 4. The highest BCUT2D eigenvalue weighted by molar-refractivity contribution is 6.13. The molecule has 0 radical (unpaired) electrons. The second-order valence-corrected chi connectivity index (χ2v) is 9.81. The third-order valence-corrected chi connectivity index (χ3v) is 7.37. The third kappa shape index (κ3) is 5.73. The Hall–Kier alpha value is -4.38. The average molecular weight is 529 g/mol. The topological polar surface area (TPSA) is 159 Å². The lowest BCUT2D eigenvalue weighted by atomic mass is 9.87. The highest BCUT2D eigenvalue weighted by atomic mass is 16.5. The van der Waals surface area contributed by atoms with E-state index in [1.807, 2.05) is 41.3 Å². The second kappa shape index (κ2) is 11.6. The number of ether oxygens (including phenoxy) is 1. The molecule has 2 amide bonds. The molecule has 3 aromatic rings. The van der Waals surface area contributed by atoms with Gasteiger partial charge in [0.25, 0.3) is 0 Å². The molecule has 3 aromatic heterocycles. The molecule has 5 rings (SSSR count). The normalized spacial score (nSPS) is 18.7. The number of pyridine rings is 3. The number of nitrogens with two attached hydrogens (primary N) is 1. The van der Waals surface area contributed by atoms with Gasteiger partial charge in [0, 0.05) is 43.2 Å². The summed E-state index contributed by atoms with van der Waals surface area (Å²) >= 11 is 0. The number of piperidine rings is 1. The number of anilines is 2. The molecule has 0 aromatic carbocycles. The van der Waals surface area contributed by atoms with Gasteiger partial charge in [-0.25, -0.2) is 4.98 Å². The lowest BCUT2D eigenvalue weighted by Gasteiger charge is -2.39. The third-order valence-electron chi connectivity index (χ3n) is 7.37. The Bertz CT molecular complexity index is 1340. The maximum absolute atomic E-state index is 12.0. The van der Waals surface area contributed by atoms with Gasteiger partial charge in [0.05, 0.1) is 29.0 Å². The van der Waals surface area contributed by atoms with Crippen LogP contribution in [0.2, 0.25) is 0 Å². The number of carbonyl (C=O) groups excluding carboxylic acids is 2. The summed E-state index contributed by atoms with van der Waals surface area (Å²) in [4.78, 5) is 38.8. The summed E-state index contributed by atoms with van der Waals surface area (Å²) in [5.74, 6) is 0.148. The van der Waals surface area contributed by atoms with Crippen molar-refractivity contribution in [3.8, 4) is 11.3 Å². The van der Waals surface area contributed by atoms with E-state index in [0.29, 0.717) is 67.4 Å². The lowest BCUT2D eigenvalue weighted by Crippen LogP contribution is -2.60. The molecule has 0 bridgehead atoms. The fraction of sp³-hybridized carbons (Fsp3) is 0.357. The highest BCUT2D eigenvalue weighted by Gasteiger charge is 2.40. The molecule has 2 aliphatic rings. The zero-order valence-electron chi connectivity index (χ0n) is 21.6.